The molecule has 0 radical (unpaired) electrons. The second-order valence-electron chi connectivity index (χ2n) is 8.74. The third-order valence-corrected chi connectivity index (χ3v) is 13.1. The van der Waals surface area contributed by atoms with E-state index in [0.29, 0.717) is 23.0 Å². The van der Waals surface area contributed by atoms with E-state index in [1.54, 1.807) is 127 Å². The van der Waals surface area contributed by atoms with E-state index in [2.05, 4.69) is 9.03 Å². The molecule has 1 aliphatic heterocycles. The van der Waals surface area contributed by atoms with Crippen molar-refractivity contribution in [1.29, 1.82) is 0 Å². The Kier molecular flexibility index (Phi) is 8.16. The molecule has 0 aromatic heterocycles. The van der Waals surface area contributed by atoms with E-state index < -0.39 is 23.1 Å². The van der Waals surface area contributed by atoms with Crippen LogP contribution in [0.1, 0.15) is 0 Å². The van der Waals surface area contributed by atoms with E-state index in [0.717, 1.165) is 0 Å². The third-order valence-electron chi connectivity index (χ3n) is 5.51. The Labute approximate surface area is 243 Å². The van der Waals surface area contributed by atoms with Crippen molar-refractivity contribution in [3.63, 3.8) is 0 Å². The average molecular weight is 619 g/mol. The van der Waals surface area contributed by atoms with Crippen LogP contribution in [0.25, 0.3) is 0 Å². The number of halogens is 1. The van der Waals surface area contributed by atoms with Crippen LogP contribution in [-0.2, 0) is 0 Å². The summed E-state index contributed by atoms with van der Waals surface area (Å²) in [4.78, 5) is 0. The third kappa shape index (κ3) is 6.95. The van der Waals surface area contributed by atoms with Crippen LogP contribution in [0.15, 0.2) is 165 Å². The lowest BCUT2D eigenvalue weighted by atomic mass is 10.3. The first-order valence-electron chi connectivity index (χ1n) is 12.9. The smallest absolute Gasteiger partial charge is 0.419 e. The van der Waals surface area contributed by atoms with Gasteiger partial charge in [-0.15, -0.1) is 13.2 Å². The van der Waals surface area contributed by atoms with Crippen LogP contribution in [0.3, 0.4) is 0 Å². The molecule has 0 fully saturated rings. The summed E-state index contributed by atoms with van der Waals surface area (Å²) in [5, 5.41) is 0. The molecule has 5 aromatic rings. The highest BCUT2D eigenvalue weighted by Gasteiger charge is 2.47. The molecule has 0 saturated heterocycles. The first kappa shape index (κ1) is 27.9. The number of benzene rings is 5. The maximum atomic E-state index is 17.3. The number of para-hydroxylation sites is 5. The zero-order valence-electron chi connectivity index (χ0n) is 22.0. The first-order chi connectivity index (χ1) is 20.5. The number of hydrogen-bond acceptors (Lipinski definition) is 8. The predicted octanol–water partition coefficient (Wildman–Crippen LogP) is 11.2. The van der Waals surface area contributed by atoms with Crippen molar-refractivity contribution in [2.24, 2.45) is 13.5 Å². The molecule has 1 aliphatic rings. The van der Waals surface area contributed by atoms with Gasteiger partial charge in [0.2, 0.25) is 0 Å². The summed E-state index contributed by atoms with van der Waals surface area (Å²) in [5.41, 5.74) is 0. The van der Waals surface area contributed by atoms with Crippen LogP contribution in [-0.4, -0.2) is 0 Å². The molecule has 0 bridgehead atoms. The zero-order valence-corrected chi connectivity index (χ0v) is 24.7. The summed E-state index contributed by atoms with van der Waals surface area (Å²) in [6, 6.07) is 43.7. The fourth-order valence-corrected chi connectivity index (χ4v) is 12.1. The molecule has 0 saturated carbocycles. The first-order valence-corrected chi connectivity index (χ1v) is 17.4. The number of hydrogen-bond donors (Lipinski definition) is 0. The summed E-state index contributed by atoms with van der Waals surface area (Å²) in [7, 11) is -12.6. The maximum Gasteiger partial charge on any atom is 0.460 e. The average Bonchev–Trinajstić information content (AvgIpc) is 2.99. The van der Waals surface area contributed by atoms with Crippen molar-refractivity contribution in [2.45, 2.75) is 0 Å². The molecule has 42 heavy (non-hydrogen) atoms. The highest BCUT2D eigenvalue weighted by molar-refractivity contribution is 7.78. The molecular weight excluding hydrogens is 594 g/mol. The van der Waals surface area contributed by atoms with Crippen LogP contribution < -0.4 is 22.6 Å². The van der Waals surface area contributed by atoms with Crippen LogP contribution in [0.2, 0.25) is 0 Å². The largest absolute Gasteiger partial charge is 0.460 e. The van der Waals surface area contributed by atoms with Crippen LogP contribution in [0.5, 0.6) is 28.7 Å². The van der Waals surface area contributed by atoms with E-state index in [9.17, 15) is 0 Å². The van der Waals surface area contributed by atoms with Gasteiger partial charge in [-0.3, -0.25) is 0 Å². The zero-order chi connectivity index (χ0) is 28.7. The van der Waals surface area contributed by atoms with Gasteiger partial charge < -0.3 is 22.6 Å². The van der Waals surface area contributed by atoms with Gasteiger partial charge >= 0.3 is 23.1 Å². The highest BCUT2D eigenvalue weighted by Crippen LogP contribution is 2.79. The van der Waals surface area contributed by atoms with Gasteiger partial charge in [0.05, 0.1) is 0 Å². The molecule has 212 valence electrons. The maximum absolute atomic E-state index is 17.3. The summed E-state index contributed by atoms with van der Waals surface area (Å²) >= 11 is 0. The Balaban J connectivity index is 1.61. The Morgan fingerprint density at radius 3 is 0.905 bits per heavy atom. The van der Waals surface area contributed by atoms with Gasteiger partial charge in [0.1, 0.15) is 28.7 Å². The second kappa shape index (κ2) is 12.3. The molecule has 0 N–H and O–H groups in total. The lowest BCUT2D eigenvalue weighted by Crippen LogP contribution is -2.08. The van der Waals surface area contributed by atoms with E-state index in [1.165, 1.54) is 0 Å². The summed E-state index contributed by atoms with van der Waals surface area (Å²) in [6.07, 6.45) is 0. The molecule has 1 unspecified atom stereocenters. The molecule has 5 aromatic carbocycles. The monoisotopic (exact) mass is 619 g/mol. The van der Waals surface area contributed by atoms with E-state index >= 15 is 4.20 Å². The molecule has 0 amide bonds. The van der Waals surface area contributed by atoms with Gasteiger partial charge in [-0.05, 0) is 60.7 Å². The molecule has 8 nitrogen and oxygen atoms in total. The fraction of sp³-hybridized carbons (Fsp3) is 0. The SMILES string of the molecule is FP1(Oc2ccccc2)=NP(Oc2ccccc2)(Oc2ccccc2)=NP(Oc2ccccc2)(Oc2ccccc2)=N1. The molecule has 12 heteroatoms. The number of nitrogens with zero attached hydrogens (tertiary/aromatic N) is 3. The van der Waals surface area contributed by atoms with Crippen LogP contribution in [0, 0.1) is 0 Å². The van der Waals surface area contributed by atoms with Crippen molar-refractivity contribution in [2.75, 3.05) is 0 Å². The van der Waals surface area contributed by atoms with Crippen molar-refractivity contribution in [3.05, 3.63) is 152 Å². The minimum Gasteiger partial charge on any atom is -0.419 e. The molecule has 6 rings (SSSR count). The molecule has 1 heterocycles. The van der Waals surface area contributed by atoms with Crippen molar-refractivity contribution >= 4 is 23.1 Å². The van der Waals surface area contributed by atoms with E-state index in [4.69, 9.17) is 27.1 Å². The summed E-state index contributed by atoms with van der Waals surface area (Å²) in [5.74, 6) is 1.66. The highest BCUT2D eigenvalue weighted by atomic mass is 31.3. The molecule has 0 aliphatic carbocycles. The predicted molar refractivity (Wildman–Crippen MR) is 165 cm³/mol. The molecule has 0 spiro atoms. The summed E-state index contributed by atoms with van der Waals surface area (Å²) < 4.78 is 62.4. The van der Waals surface area contributed by atoms with Crippen molar-refractivity contribution in [1.82, 2.24) is 0 Å². The van der Waals surface area contributed by atoms with Gasteiger partial charge in [-0.25, -0.2) is 0 Å². The minimum absolute atomic E-state index is 0.220. The Hall–Kier alpha value is -4.28. The Morgan fingerprint density at radius 1 is 0.333 bits per heavy atom. The van der Waals surface area contributed by atoms with Gasteiger partial charge in [-0.1, -0.05) is 95.5 Å². The van der Waals surface area contributed by atoms with Crippen molar-refractivity contribution < 1.29 is 26.8 Å². The lowest BCUT2D eigenvalue weighted by molar-refractivity contribution is 0.454. The standard InChI is InChI=1S/C30H25FN3O5P3/c31-40(35-26-16-6-1-7-17-26)32-41(36-27-18-8-2-9-19-27,37-28-20-10-3-11-21-28)34-42(33-40,38-29-22-12-4-13-23-29)39-30-24-14-5-15-25-30/h1-25H. The lowest BCUT2D eigenvalue weighted by Gasteiger charge is -2.30. The van der Waals surface area contributed by atoms with E-state index in [-0.39, 0.29) is 5.75 Å². The van der Waals surface area contributed by atoms with Gasteiger partial charge in [0.25, 0.3) is 0 Å². The molecular formula is C30H25FN3O5P3. The van der Waals surface area contributed by atoms with Gasteiger partial charge in [0.15, 0.2) is 0 Å². The second-order valence-corrected chi connectivity index (χ2v) is 14.7. The normalized spacial score (nSPS) is 18.2. The minimum atomic E-state index is -4.62. The van der Waals surface area contributed by atoms with Crippen molar-refractivity contribution in [3.8, 4) is 28.7 Å². The van der Waals surface area contributed by atoms with Crippen LogP contribution in [0.4, 0.5) is 4.20 Å². The molecule has 1 atom stereocenters. The Bertz CT molecular complexity index is 1620. The van der Waals surface area contributed by atoms with Crippen LogP contribution >= 0.6 is 23.1 Å². The topological polar surface area (TPSA) is 83.2 Å². The van der Waals surface area contributed by atoms with Gasteiger partial charge in [0, 0.05) is 0 Å². The number of rotatable bonds is 10. The van der Waals surface area contributed by atoms with E-state index in [1.807, 2.05) is 24.3 Å². The quantitative estimate of drug-likeness (QED) is 0.145. The fourth-order valence-electron chi connectivity index (χ4n) is 3.79. The van der Waals surface area contributed by atoms with Gasteiger partial charge in [-0.2, -0.15) is 0 Å². The summed E-state index contributed by atoms with van der Waals surface area (Å²) in [6.45, 7) is 0. The Morgan fingerprint density at radius 2 is 0.595 bits per heavy atom.